The lowest BCUT2D eigenvalue weighted by Gasteiger charge is -2.17. The van der Waals surface area contributed by atoms with Gasteiger partial charge < -0.3 is 20.6 Å². The highest BCUT2D eigenvalue weighted by Gasteiger charge is 2.05. The molecule has 1 atom stereocenters. The fourth-order valence-electron chi connectivity index (χ4n) is 1.54. The van der Waals surface area contributed by atoms with E-state index in [1.807, 2.05) is 31.2 Å². The van der Waals surface area contributed by atoms with Gasteiger partial charge in [0.05, 0.1) is 6.10 Å². The maximum atomic E-state index is 9.59. The molecule has 1 rings (SSSR count). The second-order valence-corrected chi connectivity index (χ2v) is 4.80. The Hall–Kier alpha value is -2.42. The maximum absolute atomic E-state index is 9.59. The van der Waals surface area contributed by atoms with E-state index in [1.54, 1.807) is 7.05 Å². The summed E-state index contributed by atoms with van der Waals surface area (Å²) in [5, 5.41) is 29.9. The molecule has 6 N–H and O–H groups in total. The molecule has 0 aliphatic heterocycles. The SMILES string of the molecule is Cc1ccccc1NCC(O)CN(C)N.O=C(O)/C=C/C(=O)O. The fourth-order valence-corrected chi connectivity index (χ4v) is 1.54. The molecule has 0 fully saturated rings. The van der Waals surface area contributed by atoms with Crippen LogP contribution in [0.5, 0.6) is 0 Å². The molecule has 1 unspecified atom stereocenters. The number of nitrogens with zero attached hydrogens (tertiary/aromatic N) is 1. The summed E-state index contributed by atoms with van der Waals surface area (Å²) in [5.41, 5.74) is 2.22. The number of nitrogens with one attached hydrogen (secondary N) is 1. The van der Waals surface area contributed by atoms with E-state index in [9.17, 15) is 14.7 Å². The zero-order valence-electron chi connectivity index (χ0n) is 13.1. The Bertz CT molecular complexity index is 516. The summed E-state index contributed by atoms with van der Waals surface area (Å²) in [6.45, 7) is 3.00. The van der Waals surface area contributed by atoms with Crippen molar-refractivity contribution in [3.8, 4) is 0 Å². The van der Waals surface area contributed by atoms with Crippen LogP contribution in [0, 0.1) is 6.92 Å². The first-order valence-electron chi connectivity index (χ1n) is 6.79. The third-order valence-corrected chi connectivity index (χ3v) is 2.54. The Kier molecular flexibility index (Phi) is 10.0. The molecular weight excluding hydrogens is 302 g/mol. The number of rotatable bonds is 7. The number of benzene rings is 1. The third-order valence-electron chi connectivity index (χ3n) is 2.54. The number of carbonyl (C=O) groups is 2. The topological polar surface area (TPSA) is 136 Å². The number of hydrogen-bond donors (Lipinski definition) is 5. The number of likely N-dealkylation sites (N-methyl/N-ethyl adjacent to an activating group) is 1. The highest BCUT2D eigenvalue weighted by Crippen LogP contribution is 2.12. The number of hydrazine groups is 1. The van der Waals surface area contributed by atoms with Crippen LogP contribution in [0.3, 0.4) is 0 Å². The Balaban J connectivity index is 0.000000515. The molecule has 0 heterocycles. The molecule has 0 aliphatic carbocycles. The minimum Gasteiger partial charge on any atom is -0.478 e. The minimum absolute atomic E-state index is 0.457. The van der Waals surface area contributed by atoms with E-state index in [-0.39, 0.29) is 0 Å². The highest BCUT2D eigenvalue weighted by atomic mass is 16.4. The van der Waals surface area contributed by atoms with Crippen LogP contribution in [-0.2, 0) is 9.59 Å². The van der Waals surface area contributed by atoms with Crippen molar-refractivity contribution in [1.29, 1.82) is 0 Å². The van der Waals surface area contributed by atoms with E-state index in [4.69, 9.17) is 16.1 Å². The van der Waals surface area contributed by atoms with Gasteiger partial charge in [0, 0.05) is 38.0 Å². The standard InChI is InChI=1S/C11H19N3O.C4H4O4/c1-9-5-3-4-6-11(9)13-7-10(15)8-14(2)12;5-3(6)1-2-4(7)8/h3-6,10,13,15H,7-8,12H2,1-2H3;1-2H,(H,5,6)(H,7,8)/b;2-1+. The molecule has 128 valence electrons. The van der Waals surface area contributed by atoms with Gasteiger partial charge in [-0.15, -0.1) is 0 Å². The lowest BCUT2D eigenvalue weighted by molar-refractivity contribution is -0.134. The van der Waals surface area contributed by atoms with E-state index < -0.39 is 18.0 Å². The summed E-state index contributed by atoms with van der Waals surface area (Å²) < 4.78 is 0. The fraction of sp³-hybridized carbons (Fsp3) is 0.333. The van der Waals surface area contributed by atoms with Crippen molar-refractivity contribution in [3.05, 3.63) is 42.0 Å². The number of aliphatic hydroxyl groups excluding tert-OH is 1. The molecule has 8 heteroatoms. The Morgan fingerprint density at radius 2 is 1.78 bits per heavy atom. The van der Waals surface area contributed by atoms with Gasteiger partial charge in [-0.2, -0.15) is 0 Å². The van der Waals surface area contributed by atoms with Crippen molar-refractivity contribution in [3.63, 3.8) is 0 Å². The molecular formula is C15H23N3O5. The zero-order valence-corrected chi connectivity index (χ0v) is 13.1. The van der Waals surface area contributed by atoms with Gasteiger partial charge in [0.2, 0.25) is 0 Å². The van der Waals surface area contributed by atoms with Crippen LogP contribution in [0.25, 0.3) is 0 Å². The van der Waals surface area contributed by atoms with E-state index in [2.05, 4.69) is 5.32 Å². The molecule has 0 aliphatic rings. The van der Waals surface area contributed by atoms with Gasteiger partial charge in [-0.05, 0) is 18.6 Å². The summed E-state index contributed by atoms with van der Waals surface area (Å²) in [5.74, 6) is 2.92. The molecule has 23 heavy (non-hydrogen) atoms. The number of carboxylic acid groups (broad SMARTS) is 2. The molecule has 0 saturated heterocycles. The summed E-state index contributed by atoms with van der Waals surface area (Å²) in [6.07, 6.45) is 0.657. The van der Waals surface area contributed by atoms with Crippen LogP contribution < -0.4 is 11.2 Å². The number of aliphatic carboxylic acids is 2. The van der Waals surface area contributed by atoms with Crippen molar-refractivity contribution in [2.45, 2.75) is 13.0 Å². The van der Waals surface area contributed by atoms with Gasteiger partial charge in [-0.3, -0.25) is 5.84 Å². The molecule has 0 saturated carbocycles. The van der Waals surface area contributed by atoms with Crippen molar-refractivity contribution in [1.82, 2.24) is 5.01 Å². The number of aliphatic hydroxyl groups is 1. The second-order valence-electron chi connectivity index (χ2n) is 4.80. The van der Waals surface area contributed by atoms with Gasteiger partial charge in [0.25, 0.3) is 0 Å². The molecule has 0 aromatic heterocycles. The van der Waals surface area contributed by atoms with Crippen LogP contribution in [0.4, 0.5) is 5.69 Å². The van der Waals surface area contributed by atoms with Gasteiger partial charge in [-0.25, -0.2) is 14.6 Å². The first kappa shape index (κ1) is 20.6. The number of anilines is 1. The van der Waals surface area contributed by atoms with Gasteiger partial charge in [-0.1, -0.05) is 18.2 Å². The average molecular weight is 325 g/mol. The van der Waals surface area contributed by atoms with Crippen molar-refractivity contribution in [2.24, 2.45) is 5.84 Å². The molecule has 0 amide bonds. The molecule has 0 bridgehead atoms. The van der Waals surface area contributed by atoms with E-state index in [0.29, 0.717) is 25.2 Å². The number of aryl methyl sites for hydroxylation is 1. The summed E-state index contributed by atoms with van der Waals surface area (Å²) in [4.78, 5) is 19.1. The average Bonchev–Trinajstić information content (AvgIpc) is 2.44. The lowest BCUT2D eigenvalue weighted by Crippen LogP contribution is -2.37. The third kappa shape index (κ3) is 11.9. The van der Waals surface area contributed by atoms with Crippen molar-refractivity contribution < 1.29 is 24.9 Å². The number of hydrogen-bond acceptors (Lipinski definition) is 6. The van der Waals surface area contributed by atoms with E-state index >= 15 is 0 Å². The Labute approximate surface area is 134 Å². The lowest BCUT2D eigenvalue weighted by atomic mass is 10.2. The van der Waals surface area contributed by atoms with E-state index in [1.165, 1.54) is 10.6 Å². The molecule has 8 nitrogen and oxygen atoms in total. The van der Waals surface area contributed by atoms with Crippen LogP contribution >= 0.6 is 0 Å². The predicted octanol–water partition coefficient (Wildman–Crippen LogP) is 0.285. The van der Waals surface area contributed by atoms with Crippen LogP contribution in [0.15, 0.2) is 36.4 Å². The second kappa shape index (κ2) is 11.2. The maximum Gasteiger partial charge on any atom is 0.328 e. The highest BCUT2D eigenvalue weighted by molar-refractivity contribution is 5.89. The smallest absolute Gasteiger partial charge is 0.328 e. The Morgan fingerprint density at radius 3 is 2.22 bits per heavy atom. The van der Waals surface area contributed by atoms with Crippen molar-refractivity contribution in [2.75, 3.05) is 25.5 Å². The largest absolute Gasteiger partial charge is 0.478 e. The van der Waals surface area contributed by atoms with Gasteiger partial charge in [0.1, 0.15) is 0 Å². The summed E-state index contributed by atoms with van der Waals surface area (Å²) in [6, 6.07) is 7.99. The van der Waals surface area contributed by atoms with Gasteiger partial charge >= 0.3 is 11.9 Å². The summed E-state index contributed by atoms with van der Waals surface area (Å²) >= 11 is 0. The first-order chi connectivity index (χ1) is 10.7. The molecule has 0 radical (unpaired) electrons. The normalized spacial score (nSPS) is 11.7. The summed E-state index contributed by atoms with van der Waals surface area (Å²) in [7, 11) is 1.73. The van der Waals surface area contributed by atoms with E-state index in [0.717, 1.165) is 5.69 Å². The number of para-hydroxylation sites is 1. The monoisotopic (exact) mass is 325 g/mol. The van der Waals surface area contributed by atoms with Crippen LogP contribution in [0.2, 0.25) is 0 Å². The molecule has 1 aromatic carbocycles. The minimum atomic E-state index is -1.26. The Morgan fingerprint density at radius 1 is 1.26 bits per heavy atom. The molecule has 0 spiro atoms. The van der Waals surface area contributed by atoms with Crippen LogP contribution in [-0.4, -0.2) is 58.5 Å². The zero-order chi connectivity index (χ0) is 17.8. The first-order valence-corrected chi connectivity index (χ1v) is 6.79. The number of carboxylic acids is 2. The number of nitrogens with two attached hydrogens (primary N) is 1. The molecule has 1 aromatic rings. The van der Waals surface area contributed by atoms with Crippen LogP contribution in [0.1, 0.15) is 5.56 Å². The quantitative estimate of drug-likeness (QED) is 0.274. The van der Waals surface area contributed by atoms with Crippen molar-refractivity contribution >= 4 is 17.6 Å². The van der Waals surface area contributed by atoms with Gasteiger partial charge in [0.15, 0.2) is 0 Å². The predicted molar refractivity (Wildman–Crippen MR) is 86.9 cm³/mol.